The van der Waals surface area contributed by atoms with Gasteiger partial charge < -0.3 is 15.2 Å². The molecule has 0 saturated carbocycles. The number of carbonyl (C=O) groups is 1. The normalized spacial score (nSPS) is 8.82. The van der Waals surface area contributed by atoms with E-state index in [4.69, 9.17) is 28.1 Å². The fraction of sp³-hybridized carbons (Fsp3) is 0.154. The first-order valence-corrected chi connectivity index (χ1v) is 4.75. The molecular weight excluding hydrogens is 218 g/mol. The third-order valence-corrected chi connectivity index (χ3v) is 1.85. The number of hydrogen-bond acceptors (Lipinski definition) is 3. The molecule has 1 aromatic rings. The van der Waals surface area contributed by atoms with Crippen LogP contribution in [-0.2, 0) is 0 Å². The Morgan fingerprint density at radius 3 is 2.29 bits per heavy atom. The number of nitrogens with two attached hydrogens (primary N) is 1. The van der Waals surface area contributed by atoms with Crippen molar-refractivity contribution in [2.45, 2.75) is 0 Å². The minimum Gasteiger partial charge on any atom is -0.477 e. The van der Waals surface area contributed by atoms with Gasteiger partial charge in [-0.05, 0) is 18.2 Å². The molecule has 0 saturated heterocycles. The molecule has 4 nitrogen and oxygen atoms in total. The third-order valence-electron chi connectivity index (χ3n) is 1.85. The molecule has 0 fully saturated rings. The number of ether oxygens (including phenoxy) is 2. The molecule has 0 aliphatic rings. The Labute approximate surface area is 99.7 Å². The summed E-state index contributed by atoms with van der Waals surface area (Å²) in [5.74, 6) is 4.85. The van der Waals surface area contributed by atoms with Gasteiger partial charge in [0.05, 0.1) is 0 Å². The summed E-state index contributed by atoms with van der Waals surface area (Å²) in [5, 5.41) is 0. The van der Waals surface area contributed by atoms with Crippen LogP contribution < -0.4 is 15.2 Å². The molecule has 0 atom stereocenters. The maximum atomic E-state index is 11.0. The highest BCUT2D eigenvalue weighted by Gasteiger charge is 2.09. The zero-order valence-corrected chi connectivity index (χ0v) is 9.10. The van der Waals surface area contributed by atoms with Gasteiger partial charge in [0.25, 0.3) is 0 Å². The SMILES string of the molecule is C#CCOc1ccc(C(N)=O)cc1OCC#C. The molecule has 17 heavy (non-hydrogen) atoms. The van der Waals surface area contributed by atoms with Crippen LogP contribution in [0, 0.1) is 24.7 Å². The van der Waals surface area contributed by atoms with E-state index in [1.165, 1.54) is 12.1 Å². The Morgan fingerprint density at radius 2 is 1.76 bits per heavy atom. The average molecular weight is 229 g/mol. The molecule has 0 aliphatic carbocycles. The Hall–Kier alpha value is -2.59. The number of terminal acetylenes is 2. The number of rotatable bonds is 5. The van der Waals surface area contributed by atoms with Crippen molar-refractivity contribution >= 4 is 5.91 Å². The highest BCUT2D eigenvalue weighted by atomic mass is 16.5. The Kier molecular flexibility index (Phi) is 4.47. The first kappa shape index (κ1) is 12.5. The molecule has 86 valence electrons. The first-order valence-electron chi connectivity index (χ1n) is 4.75. The van der Waals surface area contributed by atoms with Crippen molar-refractivity contribution in [2.75, 3.05) is 13.2 Å². The topological polar surface area (TPSA) is 61.5 Å². The fourth-order valence-corrected chi connectivity index (χ4v) is 1.13. The maximum absolute atomic E-state index is 11.0. The molecule has 0 radical (unpaired) electrons. The van der Waals surface area contributed by atoms with Crippen molar-refractivity contribution in [3.63, 3.8) is 0 Å². The van der Waals surface area contributed by atoms with Gasteiger partial charge in [0.2, 0.25) is 5.91 Å². The molecule has 1 aromatic carbocycles. The highest BCUT2D eigenvalue weighted by Crippen LogP contribution is 2.28. The van der Waals surface area contributed by atoms with E-state index >= 15 is 0 Å². The van der Waals surface area contributed by atoms with Crippen LogP contribution in [0.3, 0.4) is 0 Å². The average Bonchev–Trinajstić information content (AvgIpc) is 2.34. The molecule has 1 amide bonds. The Balaban J connectivity index is 3.00. The molecule has 0 aromatic heterocycles. The standard InChI is InChI=1S/C13H11NO3/c1-3-7-16-11-6-5-10(13(14)15)9-12(11)17-8-4-2/h1-2,5-6,9H,7-8H2,(H2,14,15). The summed E-state index contributed by atoms with van der Waals surface area (Å²) in [6.45, 7) is 0.164. The van der Waals surface area contributed by atoms with E-state index in [9.17, 15) is 4.79 Å². The monoisotopic (exact) mass is 229 g/mol. The second-order valence-electron chi connectivity index (χ2n) is 3.01. The van der Waals surface area contributed by atoms with Gasteiger partial charge in [-0.1, -0.05) is 11.8 Å². The van der Waals surface area contributed by atoms with Gasteiger partial charge in [-0.2, -0.15) is 0 Å². The third kappa shape index (κ3) is 3.48. The van der Waals surface area contributed by atoms with Gasteiger partial charge in [-0.15, -0.1) is 12.8 Å². The van der Waals surface area contributed by atoms with E-state index < -0.39 is 5.91 Å². The summed E-state index contributed by atoms with van der Waals surface area (Å²) in [5.41, 5.74) is 5.46. The van der Waals surface area contributed by atoms with Crippen LogP contribution in [0.5, 0.6) is 11.5 Å². The number of carbonyl (C=O) groups excluding carboxylic acids is 1. The van der Waals surface area contributed by atoms with E-state index in [1.807, 2.05) is 0 Å². The second-order valence-corrected chi connectivity index (χ2v) is 3.01. The van der Waals surface area contributed by atoms with E-state index in [-0.39, 0.29) is 13.2 Å². The van der Waals surface area contributed by atoms with Gasteiger partial charge in [0.15, 0.2) is 11.5 Å². The van der Waals surface area contributed by atoms with Crippen molar-refractivity contribution in [2.24, 2.45) is 5.73 Å². The highest BCUT2D eigenvalue weighted by molar-refractivity contribution is 5.93. The van der Waals surface area contributed by atoms with E-state index in [0.717, 1.165) is 0 Å². The summed E-state index contributed by atoms with van der Waals surface area (Å²) < 4.78 is 10.5. The van der Waals surface area contributed by atoms with Crippen molar-refractivity contribution in [3.05, 3.63) is 23.8 Å². The van der Waals surface area contributed by atoms with Crippen molar-refractivity contribution in [3.8, 4) is 36.2 Å². The summed E-state index contributed by atoms with van der Waals surface area (Å²) >= 11 is 0. The molecule has 2 N–H and O–H groups in total. The first-order chi connectivity index (χ1) is 8.19. The predicted molar refractivity (Wildman–Crippen MR) is 63.6 cm³/mol. The number of hydrogen-bond donors (Lipinski definition) is 1. The quantitative estimate of drug-likeness (QED) is 0.760. The molecule has 1 rings (SSSR count). The van der Waals surface area contributed by atoms with Crippen LogP contribution in [-0.4, -0.2) is 19.1 Å². The zero-order valence-electron chi connectivity index (χ0n) is 9.10. The van der Waals surface area contributed by atoms with Gasteiger partial charge in [-0.25, -0.2) is 0 Å². The molecule has 0 heterocycles. The van der Waals surface area contributed by atoms with Crippen LogP contribution >= 0.6 is 0 Å². The maximum Gasteiger partial charge on any atom is 0.248 e. The lowest BCUT2D eigenvalue weighted by Crippen LogP contribution is -2.11. The Morgan fingerprint density at radius 1 is 1.18 bits per heavy atom. The lowest BCUT2D eigenvalue weighted by Gasteiger charge is -2.10. The second kappa shape index (κ2) is 6.09. The Bertz CT molecular complexity index is 494. The van der Waals surface area contributed by atoms with Crippen LogP contribution in [0.2, 0.25) is 0 Å². The van der Waals surface area contributed by atoms with Crippen molar-refractivity contribution in [1.29, 1.82) is 0 Å². The molecular formula is C13H11NO3. The van der Waals surface area contributed by atoms with E-state index in [1.54, 1.807) is 6.07 Å². The fourth-order valence-electron chi connectivity index (χ4n) is 1.13. The lowest BCUT2D eigenvalue weighted by atomic mass is 10.2. The van der Waals surface area contributed by atoms with Crippen LogP contribution in [0.4, 0.5) is 0 Å². The largest absolute Gasteiger partial charge is 0.477 e. The number of amides is 1. The van der Waals surface area contributed by atoms with Crippen LogP contribution in [0.25, 0.3) is 0 Å². The predicted octanol–water partition coefficient (Wildman–Crippen LogP) is 0.810. The van der Waals surface area contributed by atoms with Gasteiger partial charge in [0.1, 0.15) is 13.2 Å². The summed E-state index contributed by atoms with van der Waals surface area (Å²) in [7, 11) is 0. The minimum atomic E-state index is -0.556. The summed E-state index contributed by atoms with van der Waals surface area (Å²) in [4.78, 5) is 11.0. The number of primary amides is 1. The van der Waals surface area contributed by atoms with E-state index in [2.05, 4.69) is 11.8 Å². The van der Waals surface area contributed by atoms with Crippen LogP contribution in [0.15, 0.2) is 18.2 Å². The molecule has 0 spiro atoms. The molecule has 0 bridgehead atoms. The zero-order chi connectivity index (χ0) is 12.7. The van der Waals surface area contributed by atoms with E-state index in [0.29, 0.717) is 17.1 Å². The van der Waals surface area contributed by atoms with Crippen molar-refractivity contribution < 1.29 is 14.3 Å². The van der Waals surface area contributed by atoms with Gasteiger partial charge >= 0.3 is 0 Å². The van der Waals surface area contributed by atoms with Gasteiger partial charge in [-0.3, -0.25) is 4.79 Å². The minimum absolute atomic E-state index is 0.0641. The van der Waals surface area contributed by atoms with Crippen molar-refractivity contribution in [1.82, 2.24) is 0 Å². The molecule has 0 unspecified atom stereocenters. The van der Waals surface area contributed by atoms with Gasteiger partial charge in [0, 0.05) is 5.56 Å². The lowest BCUT2D eigenvalue weighted by molar-refractivity contribution is 0.1000. The molecule has 4 heteroatoms. The molecule has 0 aliphatic heterocycles. The van der Waals surface area contributed by atoms with Crippen LogP contribution in [0.1, 0.15) is 10.4 Å². The number of benzene rings is 1. The smallest absolute Gasteiger partial charge is 0.248 e. The summed E-state index contributed by atoms with van der Waals surface area (Å²) in [6, 6.07) is 4.55. The summed E-state index contributed by atoms with van der Waals surface area (Å²) in [6.07, 6.45) is 10.2.